The standard InChI is InChI=1S/2BrIO2.Rb/c2*1-2(3)4;. The van der Waals surface area contributed by atoms with Gasteiger partial charge >= 0.3 is 35.1 Å². The van der Waals surface area contributed by atoms with Gasteiger partial charge in [-0.15, -0.1) is 0 Å². The second kappa shape index (κ2) is 14.0. The first-order valence-electron chi connectivity index (χ1n) is 0.903. The van der Waals surface area contributed by atoms with E-state index in [0.29, 0.717) is 0 Å². The molecule has 0 bridgehead atoms. The predicted octanol–water partition coefficient (Wildman–Crippen LogP) is 2.61. The Kier molecular flexibility index (Phi) is 28.4. The largest absolute Gasteiger partial charge is 0.378 e. The molecule has 0 amide bonds. The first-order valence-corrected chi connectivity index (χ1v) is 14.1. The van der Waals surface area contributed by atoms with Crippen molar-refractivity contribution >= 4 is 119 Å². The molecule has 0 saturated heterocycles. The maximum atomic E-state index is 9.05. The molecule has 0 spiro atoms. The van der Waals surface area contributed by atoms with Crippen molar-refractivity contribution in [2.45, 2.75) is 0 Å². The summed E-state index contributed by atoms with van der Waals surface area (Å²) in [5, 5.41) is 0. The summed E-state index contributed by atoms with van der Waals surface area (Å²) < 4.78 is 36.2. The number of hydrogen-bond acceptors (Lipinski definition) is 4. The first-order chi connectivity index (χ1) is 3.46. The Bertz CT molecular complexity index is 133. The quantitative estimate of drug-likeness (QED) is 0.426. The summed E-state index contributed by atoms with van der Waals surface area (Å²) in [6, 6.07) is 0. The summed E-state index contributed by atoms with van der Waals surface area (Å²) in [4.78, 5) is 0. The zero-order chi connectivity index (χ0) is 7.15. The summed E-state index contributed by atoms with van der Waals surface area (Å²) in [5.74, 6) is 0. The minimum atomic E-state index is -2.95. The second-order valence-electron chi connectivity index (χ2n) is 0.359. The Morgan fingerprint density at radius 2 is 0.778 bits per heavy atom. The van der Waals surface area contributed by atoms with E-state index in [4.69, 9.17) is 12.3 Å². The third-order valence-corrected chi connectivity index (χ3v) is 0. The summed E-state index contributed by atoms with van der Waals surface area (Å²) in [6.45, 7) is 0. The molecule has 53 valence electrons. The van der Waals surface area contributed by atoms with Crippen molar-refractivity contribution in [3.05, 3.63) is 0 Å². The van der Waals surface area contributed by atoms with Crippen molar-refractivity contribution in [1.82, 2.24) is 0 Å². The Hall–Kier alpha value is 3.43. The van der Waals surface area contributed by atoms with E-state index in [0.717, 1.165) is 0 Å². The van der Waals surface area contributed by atoms with Gasteiger partial charge in [-0.1, -0.05) is 0 Å². The summed E-state index contributed by atoms with van der Waals surface area (Å²) >= 11 is -1.27. The van der Waals surface area contributed by atoms with Crippen LogP contribution in [-0.2, 0) is 12.3 Å². The van der Waals surface area contributed by atoms with Gasteiger partial charge in [-0.2, -0.15) is 0 Å². The van der Waals surface area contributed by atoms with Crippen LogP contribution in [0.25, 0.3) is 0 Å². The topological polar surface area (TPSA) is 68.3 Å². The molecule has 1 radical (unpaired) electrons. The number of halogens is 4. The summed E-state index contributed by atoms with van der Waals surface area (Å²) in [6.07, 6.45) is 0. The average Bonchev–Trinajstić information content (AvgIpc) is 1.25. The molecular weight excluding hydrogens is 563 g/mol. The third kappa shape index (κ3) is 86.5. The molecule has 0 saturated carbocycles. The van der Waals surface area contributed by atoms with Gasteiger partial charge in [0, 0.05) is 58.2 Å². The molecule has 0 heterocycles. The molecule has 0 fully saturated rings. The zero-order valence-corrected chi connectivity index (χ0v) is 16.5. The van der Waals surface area contributed by atoms with Crippen molar-refractivity contribution in [1.29, 1.82) is 0 Å². The van der Waals surface area contributed by atoms with Crippen LogP contribution in [0, 0.1) is 0 Å². The number of rotatable bonds is 0. The minimum Gasteiger partial charge on any atom is -0.223 e. The van der Waals surface area contributed by atoms with E-state index < -0.39 is 35.1 Å². The molecule has 0 atom stereocenters. The molecular formula is Br2I2O4Rb. The fourth-order valence-electron chi connectivity index (χ4n) is 0. The Morgan fingerprint density at radius 1 is 0.778 bits per heavy atom. The molecule has 0 aromatic heterocycles. The van der Waals surface area contributed by atoms with Crippen LogP contribution in [0.15, 0.2) is 0 Å². The molecule has 9 heteroatoms. The van der Waals surface area contributed by atoms with E-state index >= 15 is 0 Å². The van der Waals surface area contributed by atoms with Crippen molar-refractivity contribution in [2.24, 2.45) is 0 Å². The van der Waals surface area contributed by atoms with Crippen LogP contribution in [0.5, 0.6) is 0 Å². The first kappa shape index (κ1) is 18.3. The minimum absolute atomic E-state index is 0. The molecule has 0 N–H and O–H groups in total. The van der Waals surface area contributed by atoms with Gasteiger partial charge in [0.15, 0.2) is 0 Å². The second-order valence-corrected chi connectivity index (χ2v) is 8.98. The molecule has 0 aliphatic heterocycles. The van der Waals surface area contributed by atoms with Gasteiger partial charge in [-0.3, -0.25) is 0 Å². The maximum Gasteiger partial charge on any atom is 0.378 e. The Morgan fingerprint density at radius 3 is 0.778 bits per heavy atom. The van der Waals surface area contributed by atoms with Crippen molar-refractivity contribution in [3.8, 4) is 0 Å². The van der Waals surface area contributed by atoms with Crippen molar-refractivity contribution < 1.29 is 12.3 Å². The van der Waals surface area contributed by atoms with Gasteiger partial charge in [0.2, 0.25) is 0 Å². The van der Waals surface area contributed by atoms with Crippen LogP contribution < -0.4 is 0 Å². The monoisotopic (exact) mass is 561 g/mol. The van der Waals surface area contributed by atoms with E-state index in [1.165, 1.54) is 0 Å². The average molecular weight is 563 g/mol. The van der Waals surface area contributed by atoms with Gasteiger partial charge < -0.3 is 0 Å². The van der Waals surface area contributed by atoms with Gasteiger partial charge in [-0.25, -0.2) is 12.3 Å². The summed E-state index contributed by atoms with van der Waals surface area (Å²) in [5.41, 5.74) is 0. The maximum absolute atomic E-state index is 9.05. The molecule has 4 nitrogen and oxygen atoms in total. The molecule has 0 aliphatic carbocycles. The molecule has 0 aromatic carbocycles. The van der Waals surface area contributed by atoms with E-state index in [1.54, 1.807) is 0 Å². The Labute approximate surface area is 127 Å². The van der Waals surface area contributed by atoms with Gasteiger partial charge in [0.25, 0.3) is 0 Å². The van der Waals surface area contributed by atoms with Gasteiger partial charge in [-0.05, 0) is 0 Å². The zero-order valence-electron chi connectivity index (χ0n) is 4.14. The van der Waals surface area contributed by atoms with Crippen molar-refractivity contribution in [3.63, 3.8) is 0 Å². The SMILES string of the molecule is O=I(=O)Br.O=I(=O)Br.[Rb]. The molecule has 0 unspecified atom stereocenters. The van der Waals surface area contributed by atoms with Crippen molar-refractivity contribution in [2.75, 3.05) is 0 Å². The molecule has 0 aromatic rings. The van der Waals surface area contributed by atoms with Gasteiger partial charge in [0.05, 0.1) is 25.4 Å². The van der Waals surface area contributed by atoms with Crippen LogP contribution in [0.1, 0.15) is 0 Å². The fraction of sp³-hybridized carbons (Fsp3) is 0. The van der Waals surface area contributed by atoms with Crippen LogP contribution in [0.3, 0.4) is 0 Å². The normalized spacial score (nSPS) is 7.56. The van der Waals surface area contributed by atoms with Crippen LogP contribution in [0.2, 0.25) is 0 Å². The van der Waals surface area contributed by atoms with E-state index in [-0.39, 0.29) is 58.2 Å². The van der Waals surface area contributed by atoms with E-state index in [9.17, 15) is 0 Å². The third-order valence-electron chi connectivity index (χ3n) is 0. The smallest absolute Gasteiger partial charge is 0.223 e. The fourth-order valence-corrected chi connectivity index (χ4v) is 0. The number of hydrogen-bond donors (Lipinski definition) is 0. The molecule has 9 heavy (non-hydrogen) atoms. The Balaban J connectivity index is -0.0000000720. The molecule has 0 aliphatic rings. The van der Waals surface area contributed by atoms with Crippen LogP contribution >= 0.6 is 60.5 Å². The van der Waals surface area contributed by atoms with E-state index in [2.05, 4.69) is 25.4 Å². The summed E-state index contributed by atoms with van der Waals surface area (Å²) in [7, 11) is 0. The predicted molar refractivity (Wildman–Crippen MR) is 54.4 cm³/mol. The van der Waals surface area contributed by atoms with Crippen LogP contribution in [-0.4, -0.2) is 58.2 Å². The van der Waals surface area contributed by atoms with Crippen LogP contribution in [0.4, 0.5) is 0 Å². The molecule has 0 rings (SSSR count). The van der Waals surface area contributed by atoms with Gasteiger partial charge in [0.1, 0.15) is 0 Å². The van der Waals surface area contributed by atoms with E-state index in [1.807, 2.05) is 0 Å².